The van der Waals surface area contributed by atoms with Crippen molar-refractivity contribution >= 4 is 11.3 Å². The molecule has 1 aliphatic rings. The van der Waals surface area contributed by atoms with E-state index in [4.69, 9.17) is 4.98 Å². The van der Waals surface area contributed by atoms with E-state index in [9.17, 15) is 0 Å². The van der Waals surface area contributed by atoms with Crippen molar-refractivity contribution in [2.24, 2.45) is 0 Å². The number of thiazole rings is 1. The first-order chi connectivity index (χ1) is 8.52. The summed E-state index contributed by atoms with van der Waals surface area (Å²) in [6, 6.07) is 0. The van der Waals surface area contributed by atoms with E-state index in [2.05, 4.69) is 43.4 Å². The lowest BCUT2D eigenvalue weighted by Crippen LogP contribution is -2.49. The second-order valence-electron chi connectivity index (χ2n) is 5.92. The van der Waals surface area contributed by atoms with Crippen molar-refractivity contribution in [2.75, 3.05) is 20.1 Å². The average Bonchev–Trinajstić information content (AvgIpc) is 2.81. The molecule has 0 aromatic carbocycles. The van der Waals surface area contributed by atoms with Gasteiger partial charge in [0.2, 0.25) is 0 Å². The van der Waals surface area contributed by atoms with Gasteiger partial charge in [0.05, 0.1) is 10.7 Å². The smallest absolute Gasteiger partial charge is 0.0954 e. The number of rotatable bonds is 4. The molecule has 102 valence electrons. The van der Waals surface area contributed by atoms with Crippen LogP contribution in [0.4, 0.5) is 0 Å². The molecule has 1 N–H and O–H groups in total. The molecule has 1 aliphatic heterocycles. The van der Waals surface area contributed by atoms with Crippen molar-refractivity contribution in [2.45, 2.75) is 51.6 Å². The molecule has 0 amide bonds. The lowest BCUT2D eigenvalue weighted by molar-refractivity contribution is 0.145. The van der Waals surface area contributed by atoms with Gasteiger partial charge in [0.15, 0.2) is 0 Å². The Bertz CT molecular complexity index is 378. The zero-order chi connectivity index (χ0) is 13.2. The normalized spacial score (nSPS) is 20.5. The van der Waals surface area contributed by atoms with Crippen LogP contribution >= 0.6 is 11.3 Å². The van der Waals surface area contributed by atoms with E-state index in [1.54, 1.807) is 11.3 Å². The number of piperidine rings is 1. The van der Waals surface area contributed by atoms with Gasteiger partial charge in [-0.25, -0.2) is 4.98 Å². The largest absolute Gasteiger partial charge is 0.314 e. The molecule has 0 aliphatic carbocycles. The summed E-state index contributed by atoms with van der Waals surface area (Å²) in [6.45, 7) is 10.1. The highest BCUT2D eigenvalue weighted by Crippen LogP contribution is 2.24. The van der Waals surface area contributed by atoms with Gasteiger partial charge < -0.3 is 5.32 Å². The van der Waals surface area contributed by atoms with E-state index >= 15 is 0 Å². The molecule has 18 heavy (non-hydrogen) atoms. The van der Waals surface area contributed by atoms with Crippen LogP contribution in [-0.2, 0) is 6.54 Å². The molecule has 1 fully saturated rings. The summed E-state index contributed by atoms with van der Waals surface area (Å²) in [4.78, 5) is 7.25. The van der Waals surface area contributed by atoms with Gasteiger partial charge >= 0.3 is 0 Å². The van der Waals surface area contributed by atoms with Crippen molar-refractivity contribution < 1.29 is 0 Å². The number of hydrogen-bond donors (Lipinski definition) is 1. The number of aromatic nitrogens is 1. The number of likely N-dealkylation sites (tertiary alicyclic amines) is 1. The van der Waals surface area contributed by atoms with Gasteiger partial charge in [-0.3, -0.25) is 4.90 Å². The topological polar surface area (TPSA) is 28.2 Å². The summed E-state index contributed by atoms with van der Waals surface area (Å²) < 4.78 is 0. The molecule has 0 radical (unpaired) electrons. The molecule has 1 aromatic rings. The molecule has 4 heteroatoms. The van der Waals surface area contributed by atoms with Crippen LogP contribution < -0.4 is 5.32 Å². The lowest BCUT2D eigenvalue weighted by atomic mass is 9.90. The second-order valence-corrected chi connectivity index (χ2v) is 6.81. The first-order valence-corrected chi connectivity index (χ1v) is 7.76. The third-order valence-electron chi connectivity index (χ3n) is 4.01. The van der Waals surface area contributed by atoms with Gasteiger partial charge in [0, 0.05) is 36.5 Å². The minimum absolute atomic E-state index is 0.335. The Balaban J connectivity index is 1.87. The number of nitrogens with one attached hydrogen (secondary N) is 1. The highest BCUT2D eigenvalue weighted by Gasteiger charge is 2.28. The number of nitrogens with zero attached hydrogens (tertiary/aromatic N) is 2. The summed E-state index contributed by atoms with van der Waals surface area (Å²) in [5.74, 6) is 0.553. The zero-order valence-corrected chi connectivity index (χ0v) is 12.8. The Morgan fingerprint density at radius 1 is 1.44 bits per heavy atom. The lowest BCUT2D eigenvalue weighted by Gasteiger charge is -2.39. The molecule has 2 rings (SSSR count). The predicted molar refractivity (Wildman–Crippen MR) is 78.2 cm³/mol. The Hall–Kier alpha value is -0.450. The average molecular weight is 267 g/mol. The molecular weight excluding hydrogens is 242 g/mol. The van der Waals surface area contributed by atoms with Gasteiger partial charge in [0.25, 0.3) is 0 Å². The zero-order valence-electron chi connectivity index (χ0n) is 12.0. The van der Waals surface area contributed by atoms with Crippen LogP contribution in [-0.4, -0.2) is 35.6 Å². The fourth-order valence-electron chi connectivity index (χ4n) is 2.34. The van der Waals surface area contributed by atoms with Crippen molar-refractivity contribution in [3.63, 3.8) is 0 Å². The summed E-state index contributed by atoms with van der Waals surface area (Å²) in [5.41, 5.74) is 1.58. The molecule has 2 heterocycles. The molecule has 1 aromatic heterocycles. The minimum atomic E-state index is 0.335. The maximum atomic E-state index is 4.72. The Morgan fingerprint density at radius 3 is 2.61 bits per heavy atom. The van der Waals surface area contributed by atoms with E-state index in [-0.39, 0.29) is 0 Å². The van der Waals surface area contributed by atoms with Crippen LogP contribution in [0.2, 0.25) is 0 Å². The Morgan fingerprint density at radius 2 is 2.11 bits per heavy atom. The fraction of sp³-hybridized carbons (Fsp3) is 0.786. The number of hydrogen-bond acceptors (Lipinski definition) is 4. The highest BCUT2D eigenvalue weighted by atomic mass is 32.1. The Labute approximate surface area is 115 Å². The van der Waals surface area contributed by atoms with Crippen LogP contribution in [0.5, 0.6) is 0 Å². The second kappa shape index (κ2) is 5.68. The quantitative estimate of drug-likeness (QED) is 0.909. The molecule has 0 saturated carbocycles. The molecule has 0 spiro atoms. The van der Waals surface area contributed by atoms with Crippen molar-refractivity contribution in [1.82, 2.24) is 15.2 Å². The monoisotopic (exact) mass is 267 g/mol. The van der Waals surface area contributed by atoms with Crippen LogP contribution in [0, 0.1) is 0 Å². The predicted octanol–water partition coefficient (Wildman–Crippen LogP) is 2.84. The van der Waals surface area contributed by atoms with Crippen LogP contribution in [0.3, 0.4) is 0 Å². The van der Waals surface area contributed by atoms with E-state index in [0.717, 1.165) is 6.54 Å². The van der Waals surface area contributed by atoms with E-state index in [1.165, 1.54) is 36.6 Å². The van der Waals surface area contributed by atoms with Crippen molar-refractivity contribution in [3.8, 4) is 0 Å². The molecule has 3 nitrogen and oxygen atoms in total. The first-order valence-electron chi connectivity index (χ1n) is 6.88. The van der Waals surface area contributed by atoms with E-state index in [1.807, 2.05) is 0 Å². The third kappa shape index (κ3) is 3.31. The maximum absolute atomic E-state index is 4.72. The Kier molecular flexibility index (Phi) is 4.41. The van der Waals surface area contributed by atoms with Crippen LogP contribution in [0.1, 0.15) is 50.2 Å². The molecule has 1 saturated heterocycles. The summed E-state index contributed by atoms with van der Waals surface area (Å²) in [5, 5.41) is 6.93. The van der Waals surface area contributed by atoms with E-state index < -0.39 is 0 Å². The molecular formula is C14H25N3S. The maximum Gasteiger partial charge on any atom is 0.0954 e. The van der Waals surface area contributed by atoms with Gasteiger partial charge in [-0.05, 0) is 26.8 Å². The van der Waals surface area contributed by atoms with Gasteiger partial charge in [0.1, 0.15) is 0 Å². The molecule has 0 atom stereocenters. The molecule has 0 bridgehead atoms. The highest BCUT2D eigenvalue weighted by molar-refractivity contribution is 7.09. The van der Waals surface area contributed by atoms with Crippen molar-refractivity contribution in [3.05, 3.63) is 16.1 Å². The minimum Gasteiger partial charge on any atom is -0.314 e. The third-order valence-corrected chi connectivity index (χ3v) is 5.21. The fourth-order valence-corrected chi connectivity index (χ4v) is 3.17. The van der Waals surface area contributed by atoms with Gasteiger partial charge in [-0.15, -0.1) is 11.3 Å². The van der Waals surface area contributed by atoms with Gasteiger partial charge in [-0.1, -0.05) is 13.8 Å². The SMILES string of the molecule is CNC1(C)CCN(Cc2csc(C(C)C)n2)CC1. The summed E-state index contributed by atoms with van der Waals surface area (Å²) in [6.07, 6.45) is 2.45. The van der Waals surface area contributed by atoms with Crippen LogP contribution in [0.15, 0.2) is 5.38 Å². The molecule has 0 unspecified atom stereocenters. The van der Waals surface area contributed by atoms with Crippen LogP contribution in [0.25, 0.3) is 0 Å². The first kappa shape index (κ1) is 14.0. The van der Waals surface area contributed by atoms with E-state index in [0.29, 0.717) is 11.5 Å². The summed E-state index contributed by atoms with van der Waals surface area (Å²) in [7, 11) is 2.07. The standard InChI is InChI=1S/C14H25N3S/c1-11(2)13-16-12(10-18-13)9-17-7-5-14(3,15-4)6-8-17/h10-11,15H,5-9H2,1-4H3. The van der Waals surface area contributed by atoms with Gasteiger partial charge in [-0.2, -0.15) is 0 Å². The summed E-state index contributed by atoms with van der Waals surface area (Å²) >= 11 is 1.80. The van der Waals surface area contributed by atoms with Crippen molar-refractivity contribution in [1.29, 1.82) is 0 Å².